The van der Waals surface area contributed by atoms with Crippen LogP contribution in [0.1, 0.15) is 31.2 Å². The Kier molecular flexibility index (Phi) is 2.79. The maximum absolute atomic E-state index is 12.9. The van der Waals surface area contributed by atoms with Crippen LogP contribution in [-0.4, -0.2) is 5.78 Å². The number of hydrogen-bond acceptors (Lipinski definition) is 1. The Balaban J connectivity index is 2.24. The Hall–Kier alpha value is -0.890. The summed E-state index contributed by atoms with van der Waals surface area (Å²) in [7, 11) is 0. The molecule has 1 saturated carbocycles. The summed E-state index contributed by atoms with van der Waals surface area (Å²) in [6.07, 6.45) is 1.42. The van der Waals surface area contributed by atoms with Gasteiger partial charge in [0, 0.05) is 18.3 Å². The lowest BCUT2D eigenvalue weighted by Gasteiger charge is -2.34. The molecule has 2 atom stereocenters. The highest BCUT2D eigenvalue weighted by molar-refractivity contribution is 6.30. The summed E-state index contributed by atoms with van der Waals surface area (Å²) in [6.45, 7) is 2.00. The monoisotopic (exact) mass is 226 g/mol. The minimum atomic E-state index is -0.404. The van der Waals surface area contributed by atoms with Crippen LogP contribution < -0.4 is 0 Å². The van der Waals surface area contributed by atoms with Crippen LogP contribution in [0.5, 0.6) is 0 Å². The fourth-order valence-electron chi connectivity index (χ4n) is 2.18. The van der Waals surface area contributed by atoms with E-state index < -0.39 is 5.82 Å². The average Bonchev–Trinajstić information content (AvgIpc) is 2.19. The molecular weight excluding hydrogens is 215 g/mol. The Labute approximate surface area is 93.2 Å². The van der Waals surface area contributed by atoms with Crippen LogP contribution in [-0.2, 0) is 4.79 Å². The van der Waals surface area contributed by atoms with Crippen molar-refractivity contribution in [2.24, 2.45) is 5.92 Å². The number of hydrogen-bond donors (Lipinski definition) is 0. The summed E-state index contributed by atoms with van der Waals surface area (Å²) < 4.78 is 12.9. The van der Waals surface area contributed by atoms with Gasteiger partial charge in [-0.3, -0.25) is 4.79 Å². The number of rotatable bonds is 2. The van der Waals surface area contributed by atoms with E-state index in [4.69, 9.17) is 11.6 Å². The van der Waals surface area contributed by atoms with Crippen molar-refractivity contribution in [2.45, 2.75) is 25.7 Å². The Bertz CT molecular complexity index is 403. The SMILES string of the molecule is CCC1C(=O)CC1c1ccc(F)c(Cl)c1. The molecule has 2 unspecified atom stereocenters. The molecule has 0 amide bonds. The number of Topliss-reactive ketones (excluding diaryl/α,β-unsaturated/α-hetero) is 1. The van der Waals surface area contributed by atoms with Gasteiger partial charge in [0.1, 0.15) is 11.6 Å². The maximum Gasteiger partial charge on any atom is 0.141 e. The third kappa shape index (κ3) is 1.78. The largest absolute Gasteiger partial charge is 0.299 e. The average molecular weight is 227 g/mol. The molecule has 1 aliphatic carbocycles. The molecular formula is C12H12ClFO. The van der Waals surface area contributed by atoms with Gasteiger partial charge in [0.2, 0.25) is 0 Å². The van der Waals surface area contributed by atoms with Crippen molar-refractivity contribution in [1.82, 2.24) is 0 Å². The predicted molar refractivity (Wildman–Crippen MR) is 57.6 cm³/mol. The van der Waals surface area contributed by atoms with Gasteiger partial charge in [-0.1, -0.05) is 24.6 Å². The molecule has 80 valence electrons. The Morgan fingerprint density at radius 2 is 2.27 bits per heavy atom. The van der Waals surface area contributed by atoms with E-state index in [1.165, 1.54) is 6.07 Å². The second-order valence-electron chi connectivity index (χ2n) is 3.97. The van der Waals surface area contributed by atoms with Crippen LogP contribution in [0, 0.1) is 11.7 Å². The molecule has 0 aliphatic heterocycles. The van der Waals surface area contributed by atoms with E-state index in [1.807, 2.05) is 6.92 Å². The van der Waals surface area contributed by atoms with Crippen LogP contribution in [0.25, 0.3) is 0 Å². The molecule has 0 heterocycles. The first-order chi connectivity index (χ1) is 7.13. The van der Waals surface area contributed by atoms with E-state index in [0.29, 0.717) is 12.2 Å². The topological polar surface area (TPSA) is 17.1 Å². The van der Waals surface area contributed by atoms with Crippen LogP contribution >= 0.6 is 11.6 Å². The number of halogens is 2. The van der Waals surface area contributed by atoms with E-state index in [0.717, 1.165) is 12.0 Å². The lowest BCUT2D eigenvalue weighted by molar-refractivity contribution is -0.131. The molecule has 1 nitrogen and oxygen atoms in total. The maximum atomic E-state index is 12.9. The zero-order valence-corrected chi connectivity index (χ0v) is 9.22. The minimum absolute atomic E-state index is 0.103. The van der Waals surface area contributed by atoms with Gasteiger partial charge in [-0.15, -0.1) is 0 Å². The van der Waals surface area contributed by atoms with E-state index in [1.54, 1.807) is 12.1 Å². The smallest absolute Gasteiger partial charge is 0.141 e. The van der Waals surface area contributed by atoms with Gasteiger partial charge in [0.25, 0.3) is 0 Å². The van der Waals surface area contributed by atoms with Crippen molar-refractivity contribution in [1.29, 1.82) is 0 Å². The van der Waals surface area contributed by atoms with Crippen molar-refractivity contribution in [2.75, 3.05) is 0 Å². The van der Waals surface area contributed by atoms with Gasteiger partial charge >= 0.3 is 0 Å². The summed E-state index contributed by atoms with van der Waals surface area (Å²) in [5, 5.41) is 0.140. The fourth-order valence-corrected chi connectivity index (χ4v) is 2.37. The first-order valence-corrected chi connectivity index (χ1v) is 5.49. The summed E-state index contributed by atoms with van der Waals surface area (Å²) >= 11 is 5.71. The second kappa shape index (κ2) is 3.93. The summed E-state index contributed by atoms with van der Waals surface area (Å²) in [4.78, 5) is 11.3. The van der Waals surface area contributed by atoms with Crippen LogP contribution in [0.2, 0.25) is 5.02 Å². The van der Waals surface area contributed by atoms with E-state index in [2.05, 4.69) is 0 Å². The third-order valence-electron chi connectivity index (χ3n) is 3.13. The van der Waals surface area contributed by atoms with Crippen LogP contribution in [0.15, 0.2) is 18.2 Å². The van der Waals surface area contributed by atoms with Crippen LogP contribution in [0.3, 0.4) is 0 Å². The standard InChI is InChI=1S/C12H12ClFO/c1-2-8-9(6-12(8)15)7-3-4-11(14)10(13)5-7/h3-5,8-9H,2,6H2,1H3. The van der Waals surface area contributed by atoms with Gasteiger partial charge in [-0.25, -0.2) is 4.39 Å². The van der Waals surface area contributed by atoms with Gasteiger partial charge in [0.15, 0.2) is 0 Å². The third-order valence-corrected chi connectivity index (χ3v) is 3.42. The molecule has 0 N–H and O–H groups in total. The molecule has 0 saturated heterocycles. The molecule has 1 fully saturated rings. The van der Waals surface area contributed by atoms with E-state index >= 15 is 0 Å². The molecule has 1 aromatic carbocycles. The quantitative estimate of drug-likeness (QED) is 0.754. The van der Waals surface area contributed by atoms with Crippen molar-refractivity contribution < 1.29 is 9.18 Å². The van der Waals surface area contributed by atoms with E-state index in [9.17, 15) is 9.18 Å². The number of ketones is 1. The molecule has 2 rings (SSSR count). The van der Waals surface area contributed by atoms with Crippen molar-refractivity contribution in [3.63, 3.8) is 0 Å². The van der Waals surface area contributed by atoms with E-state index in [-0.39, 0.29) is 16.9 Å². The highest BCUT2D eigenvalue weighted by atomic mass is 35.5. The summed E-state index contributed by atoms with van der Waals surface area (Å²) in [6, 6.07) is 4.73. The zero-order valence-electron chi connectivity index (χ0n) is 8.47. The number of carbonyl (C=O) groups excluding carboxylic acids is 1. The first-order valence-electron chi connectivity index (χ1n) is 5.11. The fraction of sp³-hybridized carbons (Fsp3) is 0.417. The van der Waals surface area contributed by atoms with Crippen molar-refractivity contribution in [3.8, 4) is 0 Å². The van der Waals surface area contributed by atoms with Crippen molar-refractivity contribution >= 4 is 17.4 Å². The highest BCUT2D eigenvalue weighted by Crippen LogP contribution is 2.42. The minimum Gasteiger partial charge on any atom is -0.299 e. The highest BCUT2D eigenvalue weighted by Gasteiger charge is 2.39. The molecule has 0 bridgehead atoms. The number of benzene rings is 1. The van der Waals surface area contributed by atoms with Gasteiger partial charge < -0.3 is 0 Å². The lowest BCUT2D eigenvalue weighted by Crippen LogP contribution is -2.34. The molecule has 15 heavy (non-hydrogen) atoms. The molecule has 0 radical (unpaired) electrons. The summed E-state index contributed by atoms with van der Waals surface area (Å²) in [5.41, 5.74) is 0.979. The van der Waals surface area contributed by atoms with Gasteiger partial charge in [0.05, 0.1) is 5.02 Å². The predicted octanol–water partition coefficient (Wildman–Crippen LogP) is 3.56. The number of carbonyl (C=O) groups is 1. The Morgan fingerprint density at radius 3 is 2.80 bits per heavy atom. The lowest BCUT2D eigenvalue weighted by atomic mass is 9.68. The molecule has 1 aliphatic rings. The Morgan fingerprint density at radius 1 is 1.53 bits per heavy atom. The molecule has 0 aromatic heterocycles. The summed E-state index contributed by atoms with van der Waals surface area (Å²) in [5.74, 6) is 0.245. The van der Waals surface area contributed by atoms with Crippen LogP contribution in [0.4, 0.5) is 4.39 Å². The normalized spacial score (nSPS) is 25.1. The van der Waals surface area contributed by atoms with Crippen molar-refractivity contribution in [3.05, 3.63) is 34.6 Å². The first kappa shape index (κ1) is 10.6. The molecule has 0 spiro atoms. The van der Waals surface area contributed by atoms with Gasteiger partial charge in [-0.2, -0.15) is 0 Å². The van der Waals surface area contributed by atoms with Gasteiger partial charge in [-0.05, 0) is 24.1 Å². The molecule has 1 aromatic rings. The zero-order chi connectivity index (χ0) is 11.0. The second-order valence-corrected chi connectivity index (χ2v) is 4.37. The molecule has 3 heteroatoms.